The van der Waals surface area contributed by atoms with Gasteiger partial charge in [0.05, 0.1) is 17.1 Å². The predicted molar refractivity (Wildman–Crippen MR) is 162 cm³/mol. The van der Waals surface area contributed by atoms with E-state index in [1.165, 1.54) is 36.5 Å². The van der Waals surface area contributed by atoms with E-state index in [9.17, 15) is 0 Å². The van der Waals surface area contributed by atoms with Crippen LogP contribution in [0.5, 0.6) is 0 Å². The number of hydrogen-bond donors (Lipinski definition) is 1. The smallest absolute Gasteiger partial charge is 0.208 e. The summed E-state index contributed by atoms with van der Waals surface area (Å²) in [5.74, 6) is 0.840. The number of fused-ring (bicyclic) bond motifs is 7. The van der Waals surface area contributed by atoms with Gasteiger partial charge in [-0.3, -0.25) is 4.57 Å². The van der Waals surface area contributed by atoms with Crippen molar-refractivity contribution in [1.82, 2.24) is 9.88 Å². The highest BCUT2D eigenvalue weighted by Gasteiger charge is 2.23. The van der Waals surface area contributed by atoms with Crippen LogP contribution in [0.25, 0.3) is 47.7 Å². The second kappa shape index (κ2) is 8.44. The molecule has 180 valence electrons. The van der Waals surface area contributed by atoms with Gasteiger partial charge in [-0.15, -0.1) is 11.3 Å². The number of hydrogen-bond acceptors (Lipinski definition) is 3. The number of thiophene rings is 1. The van der Waals surface area contributed by atoms with E-state index in [0.717, 1.165) is 28.3 Å². The van der Waals surface area contributed by atoms with E-state index in [4.69, 9.17) is 4.99 Å². The minimum Gasteiger partial charge on any atom is -0.325 e. The lowest BCUT2D eigenvalue weighted by atomic mass is 10.0. The Morgan fingerprint density at radius 1 is 0.632 bits per heavy atom. The van der Waals surface area contributed by atoms with Crippen molar-refractivity contribution in [1.29, 1.82) is 0 Å². The molecule has 1 N–H and O–H groups in total. The lowest BCUT2D eigenvalue weighted by molar-refractivity contribution is 0.860. The van der Waals surface area contributed by atoms with Crippen LogP contribution >= 0.6 is 11.3 Å². The zero-order chi connectivity index (χ0) is 25.1. The van der Waals surface area contributed by atoms with Crippen LogP contribution in [-0.4, -0.2) is 10.5 Å². The monoisotopic (exact) mass is 505 g/mol. The Morgan fingerprint density at radius 2 is 1.34 bits per heavy atom. The standard InChI is InChI=1S/C34H23N3S/c1-3-11-22(12-4-1)27-21-28(23-13-5-2-6-14-23)36-34(35-27)37-29-17-9-7-16-26(29)32-30(37)20-19-25-24-15-8-10-18-31(24)38-33(25)32/h1-21,27H,(H,35,36). The molecule has 7 aromatic rings. The number of para-hydroxylation sites is 1. The predicted octanol–water partition coefficient (Wildman–Crippen LogP) is 8.75. The van der Waals surface area contributed by atoms with Crippen LogP contribution in [0.3, 0.4) is 0 Å². The molecule has 0 aliphatic carbocycles. The maximum atomic E-state index is 5.29. The molecule has 1 aliphatic heterocycles. The van der Waals surface area contributed by atoms with Crippen molar-refractivity contribution in [3.63, 3.8) is 0 Å². The Bertz CT molecular complexity index is 2050. The van der Waals surface area contributed by atoms with Crippen LogP contribution in [0.4, 0.5) is 0 Å². The van der Waals surface area contributed by atoms with Crippen LogP contribution in [-0.2, 0) is 0 Å². The highest BCUT2D eigenvalue weighted by molar-refractivity contribution is 7.26. The van der Waals surface area contributed by atoms with Gasteiger partial charge in [-0.25, -0.2) is 4.99 Å². The summed E-state index contributed by atoms with van der Waals surface area (Å²) in [6, 6.07) is 42.9. The average molecular weight is 506 g/mol. The van der Waals surface area contributed by atoms with Gasteiger partial charge in [0.2, 0.25) is 5.96 Å². The molecular formula is C34H23N3S. The molecule has 0 amide bonds. The molecule has 3 heterocycles. The van der Waals surface area contributed by atoms with Crippen molar-refractivity contribution in [2.45, 2.75) is 6.04 Å². The first-order chi connectivity index (χ1) is 18.8. The molecule has 0 saturated heterocycles. The Balaban J connectivity index is 1.41. The molecule has 0 spiro atoms. The summed E-state index contributed by atoms with van der Waals surface area (Å²) in [5.41, 5.74) is 5.71. The van der Waals surface area contributed by atoms with Gasteiger partial charge in [0.25, 0.3) is 0 Å². The molecule has 2 aromatic heterocycles. The first-order valence-electron chi connectivity index (χ1n) is 12.9. The molecular weight excluding hydrogens is 482 g/mol. The lowest BCUT2D eigenvalue weighted by Crippen LogP contribution is -2.32. The van der Waals surface area contributed by atoms with Crippen molar-refractivity contribution in [2.24, 2.45) is 4.99 Å². The molecule has 5 aromatic carbocycles. The quantitative estimate of drug-likeness (QED) is 0.250. The summed E-state index contributed by atoms with van der Waals surface area (Å²) in [6.07, 6.45) is 2.23. The van der Waals surface area contributed by atoms with Crippen molar-refractivity contribution in [3.05, 3.63) is 139 Å². The van der Waals surface area contributed by atoms with E-state index in [1.54, 1.807) is 0 Å². The van der Waals surface area contributed by atoms with E-state index < -0.39 is 0 Å². The Morgan fingerprint density at radius 3 is 2.18 bits per heavy atom. The fourth-order valence-electron chi connectivity index (χ4n) is 5.71. The van der Waals surface area contributed by atoms with Crippen molar-refractivity contribution >= 4 is 65.0 Å². The number of nitrogens with one attached hydrogen (secondary N) is 1. The van der Waals surface area contributed by atoms with E-state index in [-0.39, 0.29) is 6.04 Å². The largest absolute Gasteiger partial charge is 0.325 e. The van der Waals surface area contributed by atoms with Gasteiger partial charge < -0.3 is 5.32 Å². The van der Waals surface area contributed by atoms with Gasteiger partial charge in [0.1, 0.15) is 0 Å². The fraction of sp³-hybridized carbons (Fsp3) is 0.0294. The minimum atomic E-state index is -0.0908. The zero-order valence-corrected chi connectivity index (χ0v) is 21.3. The molecule has 8 rings (SSSR count). The minimum absolute atomic E-state index is 0.0908. The maximum absolute atomic E-state index is 5.29. The summed E-state index contributed by atoms with van der Waals surface area (Å²) < 4.78 is 4.95. The van der Waals surface area contributed by atoms with Crippen molar-refractivity contribution in [3.8, 4) is 0 Å². The first kappa shape index (κ1) is 21.4. The summed E-state index contributed by atoms with van der Waals surface area (Å²) in [5, 5.41) is 8.87. The van der Waals surface area contributed by atoms with Crippen LogP contribution in [0, 0.1) is 0 Å². The lowest BCUT2D eigenvalue weighted by Gasteiger charge is -2.24. The normalized spacial score (nSPS) is 15.6. The molecule has 1 atom stereocenters. The third-order valence-corrected chi connectivity index (χ3v) is 8.65. The number of aromatic nitrogens is 1. The molecule has 0 saturated carbocycles. The van der Waals surface area contributed by atoms with E-state index in [2.05, 4.69) is 137 Å². The summed E-state index contributed by atoms with van der Waals surface area (Å²) >= 11 is 1.88. The van der Waals surface area contributed by atoms with Crippen LogP contribution < -0.4 is 5.32 Å². The second-order valence-corrected chi connectivity index (χ2v) is 10.7. The first-order valence-corrected chi connectivity index (χ1v) is 13.7. The number of benzene rings is 5. The topological polar surface area (TPSA) is 29.3 Å². The van der Waals surface area contributed by atoms with Gasteiger partial charge in [-0.05, 0) is 35.4 Å². The molecule has 1 aliphatic rings. The van der Waals surface area contributed by atoms with Gasteiger partial charge in [-0.2, -0.15) is 0 Å². The zero-order valence-electron chi connectivity index (χ0n) is 20.5. The van der Waals surface area contributed by atoms with Gasteiger partial charge in [0, 0.05) is 36.6 Å². The molecule has 1 unspecified atom stereocenters. The van der Waals surface area contributed by atoms with E-state index in [1.807, 2.05) is 11.3 Å². The molecule has 3 nitrogen and oxygen atoms in total. The molecule has 4 heteroatoms. The molecule has 0 bridgehead atoms. The van der Waals surface area contributed by atoms with Gasteiger partial charge >= 0.3 is 0 Å². The van der Waals surface area contributed by atoms with Crippen molar-refractivity contribution in [2.75, 3.05) is 0 Å². The molecule has 38 heavy (non-hydrogen) atoms. The summed E-state index contributed by atoms with van der Waals surface area (Å²) in [4.78, 5) is 5.29. The highest BCUT2D eigenvalue weighted by Crippen LogP contribution is 2.42. The molecule has 0 radical (unpaired) electrons. The third-order valence-electron chi connectivity index (χ3n) is 7.45. The average Bonchev–Trinajstić information content (AvgIpc) is 3.53. The second-order valence-electron chi connectivity index (χ2n) is 9.67. The van der Waals surface area contributed by atoms with E-state index >= 15 is 0 Å². The highest BCUT2D eigenvalue weighted by atomic mass is 32.1. The van der Waals surface area contributed by atoms with Crippen LogP contribution in [0.1, 0.15) is 17.2 Å². The van der Waals surface area contributed by atoms with Gasteiger partial charge in [0.15, 0.2) is 0 Å². The number of aliphatic imine (C=N–C) groups is 1. The maximum Gasteiger partial charge on any atom is 0.208 e. The van der Waals surface area contributed by atoms with E-state index in [0.29, 0.717) is 0 Å². The van der Waals surface area contributed by atoms with Crippen LogP contribution in [0.15, 0.2) is 132 Å². The summed E-state index contributed by atoms with van der Waals surface area (Å²) in [6.45, 7) is 0. The van der Waals surface area contributed by atoms with Gasteiger partial charge in [-0.1, -0.05) is 103 Å². The van der Waals surface area contributed by atoms with Crippen molar-refractivity contribution < 1.29 is 0 Å². The number of nitrogens with zero attached hydrogens (tertiary/aromatic N) is 2. The SMILES string of the molecule is C1=C(c2ccccc2)NC(n2c3ccccc3c3c4sc5ccccc5c4ccc32)=NC1c1ccccc1. The fourth-order valence-corrected chi connectivity index (χ4v) is 6.96. The third kappa shape index (κ3) is 3.24. The summed E-state index contributed by atoms with van der Waals surface area (Å²) in [7, 11) is 0. The Hall–Kier alpha value is -4.67. The van der Waals surface area contributed by atoms with Crippen LogP contribution in [0.2, 0.25) is 0 Å². The Labute approximate surface area is 224 Å². The number of rotatable bonds is 2. The molecule has 0 fully saturated rings. The Kier molecular flexibility index (Phi) is 4.76.